The van der Waals surface area contributed by atoms with Gasteiger partial charge in [0.25, 0.3) is 0 Å². The van der Waals surface area contributed by atoms with Crippen LogP contribution in [0, 0.1) is 25.7 Å². The highest BCUT2D eigenvalue weighted by Crippen LogP contribution is 2.25. The van der Waals surface area contributed by atoms with E-state index in [4.69, 9.17) is 0 Å². The summed E-state index contributed by atoms with van der Waals surface area (Å²) in [5, 5.41) is 0. The van der Waals surface area contributed by atoms with Gasteiger partial charge in [-0.15, -0.1) is 0 Å². The molecule has 0 aromatic heterocycles. The quantitative estimate of drug-likeness (QED) is 0.479. The van der Waals surface area contributed by atoms with E-state index in [0.717, 1.165) is 24.7 Å². The summed E-state index contributed by atoms with van der Waals surface area (Å²) in [4.78, 5) is 0. The molecular formula is C13H26. The molecule has 0 amide bonds. The molecule has 0 nitrogen and oxygen atoms in total. The Morgan fingerprint density at radius 1 is 1.00 bits per heavy atom. The fourth-order valence-corrected chi connectivity index (χ4v) is 2.03. The second kappa shape index (κ2) is 8.59. The minimum atomic E-state index is 0.868. The molecule has 0 spiro atoms. The van der Waals surface area contributed by atoms with E-state index in [9.17, 15) is 0 Å². The van der Waals surface area contributed by atoms with Crippen molar-refractivity contribution in [3.63, 3.8) is 0 Å². The molecule has 78 valence electrons. The molecule has 0 heterocycles. The lowest BCUT2D eigenvalue weighted by atomic mass is 9.84. The summed E-state index contributed by atoms with van der Waals surface area (Å²) >= 11 is 0. The van der Waals surface area contributed by atoms with Gasteiger partial charge in [0.1, 0.15) is 0 Å². The Kier molecular flexibility index (Phi) is 8.59. The third-order valence-corrected chi connectivity index (χ3v) is 3.06. The van der Waals surface area contributed by atoms with E-state index in [-0.39, 0.29) is 0 Å². The van der Waals surface area contributed by atoms with Gasteiger partial charge in [-0.25, -0.2) is 0 Å². The van der Waals surface area contributed by atoms with Crippen LogP contribution in [0.5, 0.6) is 0 Å². The van der Waals surface area contributed by atoms with Crippen molar-refractivity contribution in [1.29, 1.82) is 0 Å². The summed E-state index contributed by atoms with van der Waals surface area (Å²) in [6, 6.07) is 0. The van der Waals surface area contributed by atoms with Crippen molar-refractivity contribution in [3.05, 3.63) is 13.8 Å². The van der Waals surface area contributed by atoms with Crippen LogP contribution in [0.3, 0.4) is 0 Å². The Hall–Kier alpha value is 0. The van der Waals surface area contributed by atoms with Gasteiger partial charge in [-0.1, -0.05) is 72.6 Å². The standard InChI is InChI=1S/C13H26/c1-5-8-9-11-13(7-3)12(4)10-6-2/h12-13H,1-2,5-11H2,3-4H3. The van der Waals surface area contributed by atoms with Crippen LogP contribution in [0.1, 0.15) is 58.8 Å². The maximum Gasteiger partial charge on any atom is -0.0391 e. The van der Waals surface area contributed by atoms with Gasteiger partial charge in [0, 0.05) is 0 Å². The predicted octanol–water partition coefficient (Wildman–Crippen LogP) is 4.66. The summed E-state index contributed by atoms with van der Waals surface area (Å²) in [7, 11) is 0. The molecular weight excluding hydrogens is 156 g/mol. The van der Waals surface area contributed by atoms with Gasteiger partial charge in [-0.3, -0.25) is 0 Å². The molecule has 0 heteroatoms. The highest BCUT2D eigenvalue weighted by atomic mass is 14.2. The van der Waals surface area contributed by atoms with Crippen molar-refractivity contribution < 1.29 is 0 Å². The van der Waals surface area contributed by atoms with Crippen molar-refractivity contribution in [2.45, 2.75) is 58.8 Å². The summed E-state index contributed by atoms with van der Waals surface area (Å²) in [6.45, 7) is 12.5. The molecule has 0 aromatic rings. The summed E-state index contributed by atoms with van der Waals surface area (Å²) in [5.41, 5.74) is 0. The first-order chi connectivity index (χ1) is 6.26. The van der Waals surface area contributed by atoms with Gasteiger partial charge < -0.3 is 0 Å². The molecule has 2 atom stereocenters. The van der Waals surface area contributed by atoms with Crippen LogP contribution >= 0.6 is 0 Å². The Morgan fingerprint density at radius 2 is 1.69 bits per heavy atom. The topological polar surface area (TPSA) is 0 Å². The molecule has 0 rings (SSSR count). The lowest BCUT2D eigenvalue weighted by Crippen LogP contribution is -2.10. The SMILES string of the molecule is [CH2]CCCCC(CC)C(C)CC[CH2]. The molecule has 0 aromatic carbocycles. The monoisotopic (exact) mass is 182 g/mol. The molecule has 0 saturated carbocycles. The van der Waals surface area contributed by atoms with E-state index >= 15 is 0 Å². The first-order valence-electron chi connectivity index (χ1n) is 5.84. The third-order valence-electron chi connectivity index (χ3n) is 3.06. The van der Waals surface area contributed by atoms with E-state index in [1.54, 1.807) is 0 Å². The van der Waals surface area contributed by atoms with Gasteiger partial charge >= 0.3 is 0 Å². The zero-order valence-corrected chi connectivity index (χ0v) is 9.52. The van der Waals surface area contributed by atoms with Gasteiger partial charge in [-0.2, -0.15) is 0 Å². The molecule has 0 aliphatic rings. The summed E-state index contributed by atoms with van der Waals surface area (Å²) < 4.78 is 0. The van der Waals surface area contributed by atoms with Crippen LogP contribution in [-0.4, -0.2) is 0 Å². The summed E-state index contributed by atoms with van der Waals surface area (Å²) in [5.74, 6) is 1.79. The molecule has 0 saturated heterocycles. The molecule has 2 radical (unpaired) electrons. The normalized spacial score (nSPS) is 15.7. The van der Waals surface area contributed by atoms with E-state index < -0.39 is 0 Å². The van der Waals surface area contributed by atoms with Crippen molar-refractivity contribution in [2.75, 3.05) is 0 Å². The molecule has 0 fully saturated rings. The van der Waals surface area contributed by atoms with Crippen molar-refractivity contribution in [1.82, 2.24) is 0 Å². The zero-order valence-electron chi connectivity index (χ0n) is 9.52. The van der Waals surface area contributed by atoms with E-state index in [2.05, 4.69) is 27.7 Å². The minimum Gasteiger partial charge on any atom is -0.0651 e. The van der Waals surface area contributed by atoms with Gasteiger partial charge in [0.15, 0.2) is 0 Å². The Bertz CT molecular complexity index is 96.2. The van der Waals surface area contributed by atoms with Crippen LogP contribution in [0.15, 0.2) is 0 Å². The smallest absolute Gasteiger partial charge is 0.0391 e. The largest absolute Gasteiger partial charge is 0.0651 e. The van der Waals surface area contributed by atoms with Crippen LogP contribution in [0.25, 0.3) is 0 Å². The molecule has 2 unspecified atom stereocenters. The van der Waals surface area contributed by atoms with Crippen LogP contribution in [-0.2, 0) is 0 Å². The molecule has 0 N–H and O–H groups in total. The van der Waals surface area contributed by atoms with E-state index in [0.29, 0.717) is 0 Å². The van der Waals surface area contributed by atoms with Crippen LogP contribution in [0.2, 0.25) is 0 Å². The summed E-state index contributed by atoms with van der Waals surface area (Å²) in [6.07, 6.45) is 8.87. The van der Waals surface area contributed by atoms with Crippen LogP contribution in [0.4, 0.5) is 0 Å². The number of hydrogen-bond donors (Lipinski definition) is 0. The predicted molar refractivity (Wildman–Crippen MR) is 61.4 cm³/mol. The lowest BCUT2D eigenvalue weighted by molar-refractivity contribution is 0.302. The van der Waals surface area contributed by atoms with E-state index in [1.807, 2.05) is 0 Å². The zero-order chi connectivity index (χ0) is 10.1. The number of unbranched alkanes of at least 4 members (excludes halogenated alkanes) is 2. The molecule has 0 aliphatic heterocycles. The van der Waals surface area contributed by atoms with Gasteiger partial charge in [-0.05, 0) is 11.8 Å². The molecule has 0 bridgehead atoms. The Balaban J connectivity index is 3.60. The molecule has 13 heavy (non-hydrogen) atoms. The highest BCUT2D eigenvalue weighted by Gasteiger charge is 2.13. The fraction of sp³-hybridized carbons (Fsp3) is 0.846. The fourth-order valence-electron chi connectivity index (χ4n) is 2.03. The number of hydrogen-bond acceptors (Lipinski definition) is 0. The van der Waals surface area contributed by atoms with Crippen molar-refractivity contribution in [2.24, 2.45) is 11.8 Å². The van der Waals surface area contributed by atoms with Crippen molar-refractivity contribution in [3.8, 4) is 0 Å². The highest BCUT2D eigenvalue weighted by molar-refractivity contribution is 4.66. The average Bonchev–Trinajstić information content (AvgIpc) is 2.13. The second-order valence-electron chi connectivity index (χ2n) is 4.14. The maximum atomic E-state index is 3.93. The molecule has 0 aliphatic carbocycles. The second-order valence-corrected chi connectivity index (χ2v) is 4.14. The van der Waals surface area contributed by atoms with Gasteiger partial charge in [0.2, 0.25) is 0 Å². The van der Waals surface area contributed by atoms with Crippen LogP contribution < -0.4 is 0 Å². The van der Waals surface area contributed by atoms with E-state index in [1.165, 1.54) is 32.1 Å². The lowest BCUT2D eigenvalue weighted by Gasteiger charge is -2.22. The maximum absolute atomic E-state index is 3.93. The Labute approximate surface area is 85.1 Å². The Morgan fingerprint density at radius 3 is 2.15 bits per heavy atom. The third kappa shape index (κ3) is 6.12. The number of rotatable bonds is 8. The first kappa shape index (κ1) is 13.0. The minimum absolute atomic E-state index is 0.868. The average molecular weight is 182 g/mol. The van der Waals surface area contributed by atoms with Crippen molar-refractivity contribution >= 4 is 0 Å². The van der Waals surface area contributed by atoms with Gasteiger partial charge in [0.05, 0.1) is 0 Å². The first-order valence-corrected chi connectivity index (χ1v) is 5.84.